The number of amides is 3. The Bertz CT molecular complexity index is 1590. The zero-order chi connectivity index (χ0) is 29.2. The number of aliphatic hydroxyl groups excluding tert-OH is 1. The molecular formula is C18H18N8O11S2. The summed E-state index contributed by atoms with van der Waals surface area (Å²) in [4.78, 5) is 52.5. The van der Waals surface area contributed by atoms with Gasteiger partial charge in [-0.05, 0) is 0 Å². The third kappa shape index (κ3) is 5.94. The van der Waals surface area contributed by atoms with Crippen LogP contribution >= 0.6 is 11.3 Å². The highest BCUT2D eigenvalue weighted by atomic mass is 32.2. The summed E-state index contributed by atoms with van der Waals surface area (Å²) in [5.74, 6) is -5.55. The van der Waals surface area contributed by atoms with E-state index in [1.165, 1.54) is 5.38 Å². The number of carbonyl (C=O) groups excluding carboxylic acids is 3. The molecule has 10 N–H and O–H groups in total. The largest absolute Gasteiger partial charge is 0.506 e. The van der Waals surface area contributed by atoms with E-state index in [1.807, 2.05) is 0 Å². The van der Waals surface area contributed by atoms with Gasteiger partial charge >= 0.3 is 10.3 Å². The van der Waals surface area contributed by atoms with Gasteiger partial charge in [0, 0.05) is 24.1 Å². The second-order valence-electron chi connectivity index (χ2n) is 7.56. The number of carbonyl (C=O) groups is 3. The standard InChI is InChI=1S/C18H18N8O11S2/c19-6(1-10(27)8-2-11(28)12(29)4-25(8)34)15(30)21-3-9-14(17(32)26(9)39(35,36)37)23-16(31)13(24-33)7-5-38-18(20)22-7/h1-2,4-5,9,14,19,27,29,33-34H,3H2,(H2,20,22)(H,21,30)(H,23,31)(H,35,36,37)/b10-1-,19-6?,24-13-/t9-,14+/m1/s1. The number of aromatic hydroxyl groups is 1. The van der Waals surface area contributed by atoms with Crippen LogP contribution in [0, 0.1) is 5.41 Å². The number of rotatable bonds is 9. The zero-order valence-corrected chi connectivity index (χ0v) is 20.7. The molecule has 1 aliphatic rings. The number of hydrogen-bond donors (Lipinski definition) is 9. The predicted octanol–water partition coefficient (Wildman–Crippen LogP) is -2.76. The molecule has 1 fully saturated rings. The summed E-state index contributed by atoms with van der Waals surface area (Å²) in [5, 5.41) is 54.2. The van der Waals surface area contributed by atoms with Gasteiger partial charge in [0.05, 0.1) is 12.2 Å². The van der Waals surface area contributed by atoms with Crippen LogP contribution < -0.4 is 21.8 Å². The molecule has 3 rings (SSSR count). The number of nitrogens with two attached hydrogens (primary N) is 1. The fourth-order valence-corrected chi connectivity index (χ4v) is 4.68. The summed E-state index contributed by atoms with van der Waals surface area (Å²) in [7, 11) is -5.16. The lowest BCUT2D eigenvalue weighted by molar-refractivity contribution is -0.145. The lowest BCUT2D eigenvalue weighted by atomic mass is 9.98. The van der Waals surface area contributed by atoms with Gasteiger partial charge in [-0.3, -0.25) is 29.1 Å². The average molecular weight is 587 g/mol. The number of thiazole rings is 1. The second-order valence-corrected chi connectivity index (χ2v) is 9.73. The van der Waals surface area contributed by atoms with Crippen molar-refractivity contribution in [2.75, 3.05) is 12.3 Å². The van der Waals surface area contributed by atoms with E-state index >= 15 is 0 Å². The van der Waals surface area contributed by atoms with Crippen molar-refractivity contribution in [2.45, 2.75) is 12.1 Å². The van der Waals surface area contributed by atoms with Crippen molar-refractivity contribution in [3.05, 3.63) is 45.3 Å². The number of hydrogen-bond acceptors (Lipinski definition) is 15. The van der Waals surface area contributed by atoms with E-state index in [0.717, 1.165) is 11.3 Å². The Kier molecular flexibility index (Phi) is 7.88. The molecule has 2 atom stereocenters. The van der Waals surface area contributed by atoms with Crippen LogP contribution in [0.4, 0.5) is 5.13 Å². The molecule has 0 radical (unpaired) electrons. The molecule has 19 nitrogen and oxygen atoms in total. The molecule has 1 saturated heterocycles. The van der Waals surface area contributed by atoms with Gasteiger partial charge < -0.3 is 37.0 Å². The van der Waals surface area contributed by atoms with Gasteiger partial charge in [-0.1, -0.05) is 5.16 Å². The summed E-state index contributed by atoms with van der Waals surface area (Å²) >= 11 is 0.903. The fraction of sp³-hybridized carbons (Fsp3) is 0.167. The van der Waals surface area contributed by atoms with Crippen LogP contribution in [0.3, 0.4) is 0 Å². The van der Waals surface area contributed by atoms with E-state index in [1.54, 1.807) is 0 Å². The monoisotopic (exact) mass is 586 g/mol. The number of nitrogens with zero attached hydrogens (tertiary/aromatic N) is 4. The van der Waals surface area contributed by atoms with Crippen molar-refractivity contribution >= 4 is 61.7 Å². The molecule has 21 heteroatoms. The third-order valence-electron chi connectivity index (χ3n) is 5.06. The van der Waals surface area contributed by atoms with Crippen LogP contribution in [0.2, 0.25) is 0 Å². The zero-order valence-electron chi connectivity index (χ0n) is 19.0. The smallest absolute Gasteiger partial charge is 0.362 e. The first-order chi connectivity index (χ1) is 18.1. The van der Waals surface area contributed by atoms with Crippen molar-refractivity contribution in [3.63, 3.8) is 0 Å². The summed E-state index contributed by atoms with van der Waals surface area (Å²) in [5.41, 5.74) is 2.06. The highest BCUT2D eigenvalue weighted by Gasteiger charge is 2.54. The van der Waals surface area contributed by atoms with Crippen molar-refractivity contribution in [1.82, 2.24) is 24.7 Å². The number of aliphatic hydroxyl groups is 1. The first kappa shape index (κ1) is 28.5. The maximum absolute atomic E-state index is 12.5. The minimum absolute atomic E-state index is 0.0204. The average Bonchev–Trinajstić information content (AvgIpc) is 3.27. The van der Waals surface area contributed by atoms with Crippen molar-refractivity contribution in [3.8, 4) is 5.75 Å². The maximum atomic E-state index is 12.5. The Morgan fingerprint density at radius 1 is 1.31 bits per heavy atom. The minimum atomic E-state index is -5.16. The van der Waals surface area contributed by atoms with Gasteiger partial charge in [-0.25, -0.2) is 9.29 Å². The lowest BCUT2D eigenvalue weighted by Gasteiger charge is -2.44. The molecule has 2 aromatic rings. The van der Waals surface area contributed by atoms with Crippen LogP contribution in [-0.2, 0) is 24.7 Å². The molecule has 0 aromatic carbocycles. The van der Waals surface area contributed by atoms with E-state index < -0.39 is 80.7 Å². The molecule has 0 spiro atoms. The van der Waals surface area contributed by atoms with Crippen molar-refractivity contribution < 1.29 is 48.0 Å². The molecule has 2 aromatic heterocycles. The quantitative estimate of drug-likeness (QED) is 0.0274. The normalized spacial score (nSPS) is 17.9. The maximum Gasteiger partial charge on any atom is 0.362 e. The number of aromatic nitrogens is 2. The number of pyridine rings is 1. The van der Waals surface area contributed by atoms with Crippen LogP contribution in [-0.4, -0.2) is 95.4 Å². The third-order valence-corrected chi connectivity index (χ3v) is 6.68. The molecule has 1 aliphatic heterocycles. The minimum Gasteiger partial charge on any atom is -0.506 e. The van der Waals surface area contributed by atoms with Crippen LogP contribution in [0.25, 0.3) is 5.76 Å². The molecule has 0 aliphatic carbocycles. The van der Waals surface area contributed by atoms with E-state index in [9.17, 15) is 52.8 Å². The number of nitrogens with one attached hydrogen (secondary N) is 3. The second kappa shape index (κ2) is 10.8. The Labute approximate surface area is 220 Å². The molecule has 0 bridgehead atoms. The Balaban J connectivity index is 1.74. The number of β-lactam (4-membered cyclic amide) rings is 1. The predicted molar refractivity (Wildman–Crippen MR) is 130 cm³/mol. The van der Waals surface area contributed by atoms with E-state index in [0.29, 0.717) is 18.3 Å². The van der Waals surface area contributed by atoms with Gasteiger partial charge in [0.1, 0.15) is 28.9 Å². The Morgan fingerprint density at radius 2 is 1.97 bits per heavy atom. The van der Waals surface area contributed by atoms with Gasteiger partial charge in [0.2, 0.25) is 5.43 Å². The van der Waals surface area contributed by atoms with Gasteiger partial charge in [-0.2, -0.15) is 13.1 Å². The van der Waals surface area contributed by atoms with Crippen LogP contribution in [0.15, 0.2) is 33.7 Å². The van der Waals surface area contributed by atoms with Gasteiger partial charge in [0.15, 0.2) is 16.6 Å². The van der Waals surface area contributed by atoms with E-state index in [4.69, 9.17) is 11.1 Å². The van der Waals surface area contributed by atoms with Crippen LogP contribution in [0.1, 0.15) is 11.4 Å². The lowest BCUT2D eigenvalue weighted by Crippen LogP contribution is -2.74. The summed E-state index contributed by atoms with van der Waals surface area (Å²) < 4.78 is 32.7. The van der Waals surface area contributed by atoms with Crippen LogP contribution in [0.5, 0.6) is 5.75 Å². The number of nitrogen functional groups attached to an aromatic ring is 1. The topological polar surface area (TPSA) is 311 Å². The highest BCUT2D eigenvalue weighted by molar-refractivity contribution is 7.84. The molecule has 3 amide bonds. The van der Waals surface area contributed by atoms with E-state index in [-0.39, 0.29) is 19.9 Å². The molecule has 0 unspecified atom stereocenters. The Morgan fingerprint density at radius 3 is 2.54 bits per heavy atom. The first-order valence-electron chi connectivity index (χ1n) is 10.1. The SMILES string of the molecule is N=C(/C=C(\O)c1cc(=O)c(O)cn1O)C(=O)NC[C@@H]1[C@H](NC(=O)/C(=N\O)c2csc(N)n2)C(=O)N1S(=O)(=O)O. The van der Waals surface area contributed by atoms with Gasteiger partial charge in [-0.15, -0.1) is 11.3 Å². The summed E-state index contributed by atoms with van der Waals surface area (Å²) in [6.45, 7) is -0.758. The number of oxime groups is 1. The van der Waals surface area contributed by atoms with Gasteiger partial charge in [0.25, 0.3) is 17.7 Å². The molecule has 39 heavy (non-hydrogen) atoms. The highest BCUT2D eigenvalue weighted by Crippen LogP contribution is 2.23. The molecule has 3 heterocycles. The first-order valence-corrected chi connectivity index (χ1v) is 12.4. The van der Waals surface area contributed by atoms with Crippen molar-refractivity contribution in [1.29, 1.82) is 5.41 Å². The fourth-order valence-electron chi connectivity index (χ4n) is 3.25. The van der Waals surface area contributed by atoms with Crippen molar-refractivity contribution in [2.24, 2.45) is 5.16 Å². The number of anilines is 1. The molecule has 208 valence electrons. The molecule has 0 saturated carbocycles. The molecular weight excluding hydrogens is 568 g/mol. The summed E-state index contributed by atoms with van der Waals surface area (Å²) in [6, 6.07) is -2.66. The Hall–Kier alpha value is -5.02. The summed E-state index contributed by atoms with van der Waals surface area (Å²) in [6.07, 6.45) is 1.05. The van der Waals surface area contributed by atoms with E-state index in [2.05, 4.69) is 20.8 Å².